The molecule has 1 saturated carbocycles. The van der Waals surface area contributed by atoms with E-state index in [-0.39, 0.29) is 0 Å². The van der Waals surface area contributed by atoms with Gasteiger partial charge in [-0.3, -0.25) is 0 Å². The SMILES string of the molecule is NCC1CCN(CCCC2CCCC2)CC1. The van der Waals surface area contributed by atoms with Gasteiger partial charge in [0.05, 0.1) is 0 Å². The second kappa shape index (κ2) is 6.61. The van der Waals surface area contributed by atoms with Crippen molar-refractivity contribution in [3.63, 3.8) is 0 Å². The minimum Gasteiger partial charge on any atom is -0.330 e. The maximum atomic E-state index is 5.71. The van der Waals surface area contributed by atoms with Crippen LogP contribution in [0.15, 0.2) is 0 Å². The highest BCUT2D eigenvalue weighted by Gasteiger charge is 2.18. The molecule has 2 heteroatoms. The quantitative estimate of drug-likeness (QED) is 0.778. The van der Waals surface area contributed by atoms with Crippen LogP contribution in [0.1, 0.15) is 51.4 Å². The summed E-state index contributed by atoms with van der Waals surface area (Å²) in [6.07, 6.45) is 11.6. The number of nitrogens with zero attached hydrogens (tertiary/aromatic N) is 1. The van der Waals surface area contributed by atoms with E-state index in [1.807, 2.05) is 0 Å². The molecule has 2 rings (SSSR count). The first-order chi connectivity index (χ1) is 7.88. The Balaban J connectivity index is 1.53. The van der Waals surface area contributed by atoms with Gasteiger partial charge in [0.1, 0.15) is 0 Å². The molecule has 0 atom stereocenters. The lowest BCUT2D eigenvalue weighted by Gasteiger charge is -2.31. The van der Waals surface area contributed by atoms with E-state index in [1.54, 1.807) is 0 Å². The van der Waals surface area contributed by atoms with Gasteiger partial charge in [-0.1, -0.05) is 25.7 Å². The Bertz CT molecular complexity index is 179. The Morgan fingerprint density at radius 2 is 1.62 bits per heavy atom. The lowest BCUT2D eigenvalue weighted by atomic mass is 9.96. The molecule has 0 radical (unpaired) electrons. The predicted molar refractivity (Wildman–Crippen MR) is 69.4 cm³/mol. The van der Waals surface area contributed by atoms with Crippen LogP contribution in [-0.4, -0.2) is 31.1 Å². The summed E-state index contributed by atoms with van der Waals surface area (Å²) in [4.78, 5) is 2.65. The second-order valence-electron chi connectivity index (χ2n) is 5.81. The van der Waals surface area contributed by atoms with Crippen LogP contribution in [0.2, 0.25) is 0 Å². The van der Waals surface area contributed by atoms with Crippen molar-refractivity contribution >= 4 is 0 Å². The molecule has 1 aliphatic heterocycles. The van der Waals surface area contributed by atoms with Crippen molar-refractivity contribution in [3.05, 3.63) is 0 Å². The monoisotopic (exact) mass is 224 g/mol. The summed E-state index contributed by atoms with van der Waals surface area (Å²) in [7, 11) is 0. The molecule has 16 heavy (non-hydrogen) atoms. The molecule has 0 bridgehead atoms. The molecule has 0 amide bonds. The summed E-state index contributed by atoms with van der Waals surface area (Å²) in [5.41, 5.74) is 5.71. The van der Waals surface area contributed by atoms with E-state index < -0.39 is 0 Å². The summed E-state index contributed by atoms with van der Waals surface area (Å²) in [6, 6.07) is 0. The highest BCUT2D eigenvalue weighted by Crippen LogP contribution is 2.28. The molecular formula is C14H28N2. The van der Waals surface area contributed by atoms with E-state index in [2.05, 4.69) is 4.90 Å². The number of hydrogen-bond acceptors (Lipinski definition) is 2. The minimum atomic E-state index is 0.811. The van der Waals surface area contributed by atoms with E-state index >= 15 is 0 Å². The average Bonchev–Trinajstić information content (AvgIpc) is 2.83. The van der Waals surface area contributed by atoms with Gasteiger partial charge in [0, 0.05) is 0 Å². The number of rotatable bonds is 5. The molecule has 2 N–H and O–H groups in total. The first-order valence-electron chi connectivity index (χ1n) is 7.31. The van der Waals surface area contributed by atoms with Crippen LogP contribution in [-0.2, 0) is 0 Å². The smallest absolute Gasteiger partial charge is 0.00156 e. The highest BCUT2D eigenvalue weighted by molar-refractivity contribution is 4.73. The van der Waals surface area contributed by atoms with Crippen LogP contribution in [0.4, 0.5) is 0 Å². The van der Waals surface area contributed by atoms with E-state index in [4.69, 9.17) is 5.73 Å². The van der Waals surface area contributed by atoms with Crippen molar-refractivity contribution in [1.29, 1.82) is 0 Å². The van der Waals surface area contributed by atoms with Crippen molar-refractivity contribution < 1.29 is 0 Å². The van der Waals surface area contributed by atoms with Gasteiger partial charge in [0.2, 0.25) is 0 Å². The van der Waals surface area contributed by atoms with Gasteiger partial charge in [0.25, 0.3) is 0 Å². The standard InChI is InChI=1S/C14H28N2/c15-12-14-7-10-16(11-8-14)9-3-6-13-4-1-2-5-13/h13-14H,1-12,15H2. The largest absolute Gasteiger partial charge is 0.330 e. The van der Waals surface area contributed by atoms with Crippen molar-refractivity contribution in [2.24, 2.45) is 17.6 Å². The molecule has 2 nitrogen and oxygen atoms in total. The zero-order valence-electron chi connectivity index (χ0n) is 10.7. The Morgan fingerprint density at radius 3 is 2.25 bits per heavy atom. The van der Waals surface area contributed by atoms with E-state index in [9.17, 15) is 0 Å². The van der Waals surface area contributed by atoms with Crippen molar-refractivity contribution in [2.75, 3.05) is 26.2 Å². The highest BCUT2D eigenvalue weighted by atomic mass is 15.1. The van der Waals surface area contributed by atoms with Gasteiger partial charge in [-0.2, -0.15) is 0 Å². The molecule has 0 spiro atoms. The molecule has 0 unspecified atom stereocenters. The Kier molecular flexibility index (Phi) is 5.11. The third-order valence-corrected chi connectivity index (χ3v) is 4.60. The molecule has 2 aliphatic rings. The maximum absolute atomic E-state index is 5.71. The molecule has 0 aromatic carbocycles. The van der Waals surface area contributed by atoms with E-state index in [0.717, 1.165) is 18.4 Å². The molecule has 1 saturated heterocycles. The van der Waals surface area contributed by atoms with Gasteiger partial charge in [-0.05, 0) is 63.7 Å². The van der Waals surface area contributed by atoms with Crippen molar-refractivity contribution in [1.82, 2.24) is 4.90 Å². The molecule has 1 heterocycles. The Labute approximate surface area is 101 Å². The number of hydrogen-bond donors (Lipinski definition) is 1. The van der Waals surface area contributed by atoms with Crippen LogP contribution in [0.5, 0.6) is 0 Å². The first-order valence-corrected chi connectivity index (χ1v) is 7.31. The molecule has 0 aromatic heterocycles. The van der Waals surface area contributed by atoms with Gasteiger partial charge in [-0.25, -0.2) is 0 Å². The third-order valence-electron chi connectivity index (χ3n) is 4.60. The topological polar surface area (TPSA) is 29.3 Å². The van der Waals surface area contributed by atoms with Crippen LogP contribution < -0.4 is 5.73 Å². The van der Waals surface area contributed by atoms with Crippen molar-refractivity contribution in [3.8, 4) is 0 Å². The fourth-order valence-corrected chi connectivity index (χ4v) is 3.35. The average molecular weight is 224 g/mol. The lowest BCUT2D eigenvalue weighted by molar-refractivity contribution is 0.182. The van der Waals surface area contributed by atoms with Crippen LogP contribution in [0, 0.1) is 11.8 Å². The summed E-state index contributed by atoms with van der Waals surface area (Å²) >= 11 is 0. The predicted octanol–water partition coefficient (Wildman–Crippen LogP) is 2.63. The summed E-state index contributed by atoms with van der Waals surface area (Å²) in [6.45, 7) is 4.84. The van der Waals surface area contributed by atoms with E-state index in [0.29, 0.717) is 0 Å². The Hall–Kier alpha value is -0.0800. The van der Waals surface area contributed by atoms with Gasteiger partial charge >= 0.3 is 0 Å². The molecular weight excluding hydrogens is 196 g/mol. The van der Waals surface area contributed by atoms with Gasteiger partial charge in [-0.15, -0.1) is 0 Å². The van der Waals surface area contributed by atoms with Gasteiger partial charge < -0.3 is 10.6 Å². The maximum Gasteiger partial charge on any atom is -0.00156 e. The lowest BCUT2D eigenvalue weighted by Crippen LogP contribution is -2.36. The third kappa shape index (κ3) is 3.74. The fourth-order valence-electron chi connectivity index (χ4n) is 3.35. The zero-order chi connectivity index (χ0) is 11.2. The Morgan fingerprint density at radius 1 is 0.938 bits per heavy atom. The van der Waals surface area contributed by atoms with Crippen LogP contribution >= 0.6 is 0 Å². The van der Waals surface area contributed by atoms with Gasteiger partial charge in [0.15, 0.2) is 0 Å². The normalized spacial score (nSPS) is 25.3. The van der Waals surface area contributed by atoms with Crippen molar-refractivity contribution in [2.45, 2.75) is 51.4 Å². The van der Waals surface area contributed by atoms with Crippen LogP contribution in [0.25, 0.3) is 0 Å². The number of piperidine rings is 1. The number of likely N-dealkylation sites (tertiary alicyclic amines) is 1. The van der Waals surface area contributed by atoms with Crippen LogP contribution in [0.3, 0.4) is 0 Å². The molecule has 0 aromatic rings. The fraction of sp³-hybridized carbons (Fsp3) is 1.00. The molecule has 1 aliphatic carbocycles. The summed E-state index contributed by atoms with van der Waals surface area (Å²) in [5, 5.41) is 0. The van der Waals surface area contributed by atoms with E-state index in [1.165, 1.54) is 71.0 Å². The zero-order valence-corrected chi connectivity index (χ0v) is 10.7. The second-order valence-corrected chi connectivity index (χ2v) is 5.81. The summed E-state index contributed by atoms with van der Waals surface area (Å²) < 4.78 is 0. The molecule has 2 fully saturated rings. The summed E-state index contributed by atoms with van der Waals surface area (Å²) in [5.74, 6) is 1.88. The first kappa shape index (κ1) is 12.4. The molecule has 94 valence electrons. The minimum absolute atomic E-state index is 0.811. The number of nitrogens with two attached hydrogens (primary N) is 1.